The van der Waals surface area contributed by atoms with Crippen molar-refractivity contribution in [3.8, 4) is 0 Å². The Labute approximate surface area is 101 Å². The molecule has 1 aromatic carbocycles. The molecule has 2 rings (SSSR count). The van der Waals surface area contributed by atoms with Crippen molar-refractivity contribution in [2.75, 3.05) is 6.61 Å². The molecular weight excluding hydrogens is 244 g/mol. The standard InChI is InChI=1S/C11H9ClN2O3/c1-2-17-10(16)6-4-3-5-7-8(6)9(15)14-11(12)13-7/h3-5H,2H2,1H3,(H,13,14,15). The Morgan fingerprint density at radius 3 is 3.00 bits per heavy atom. The smallest absolute Gasteiger partial charge is 0.339 e. The molecule has 1 aromatic heterocycles. The van der Waals surface area contributed by atoms with E-state index in [2.05, 4.69) is 9.97 Å². The fourth-order valence-corrected chi connectivity index (χ4v) is 1.72. The van der Waals surface area contributed by atoms with Crippen LogP contribution >= 0.6 is 11.6 Å². The molecular formula is C11H9ClN2O3. The van der Waals surface area contributed by atoms with Crippen LogP contribution in [-0.2, 0) is 4.74 Å². The Hall–Kier alpha value is -1.88. The molecule has 1 N–H and O–H groups in total. The van der Waals surface area contributed by atoms with Crippen molar-refractivity contribution in [2.24, 2.45) is 0 Å². The van der Waals surface area contributed by atoms with E-state index in [9.17, 15) is 9.59 Å². The van der Waals surface area contributed by atoms with Gasteiger partial charge in [-0.2, -0.15) is 0 Å². The molecule has 0 aliphatic heterocycles. The number of aromatic nitrogens is 2. The van der Waals surface area contributed by atoms with Crippen LogP contribution in [0.3, 0.4) is 0 Å². The number of nitrogens with one attached hydrogen (secondary N) is 1. The second-order valence-electron chi connectivity index (χ2n) is 3.28. The first-order valence-corrected chi connectivity index (χ1v) is 5.37. The monoisotopic (exact) mass is 252 g/mol. The number of rotatable bonds is 2. The van der Waals surface area contributed by atoms with E-state index in [1.807, 2.05) is 0 Å². The number of benzene rings is 1. The number of hydrogen-bond acceptors (Lipinski definition) is 4. The lowest BCUT2D eigenvalue weighted by molar-refractivity contribution is 0.0528. The molecule has 1 heterocycles. The fraction of sp³-hybridized carbons (Fsp3) is 0.182. The van der Waals surface area contributed by atoms with Gasteiger partial charge in [-0.25, -0.2) is 9.78 Å². The van der Waals surface area contributed by atoms with Crippen molar-refractivity contribution in [3.63, 3.8) is 0 Å². The van der Waals surface area contributed by atoms with Crippen LogP contribution < -0.4 is 5.56 Å². The van der Waals surface area contributed by atoms with Crippen molar-refractivity contribution < 1.29 is 9.53 Å². The molecule has 5 nitrogen and oxygen atoms in total. The van der Waals surface area contributed by atoms with Gasteiger partial charge in [-0.05, 0) is 30.7 Å². The molecule has 2 aromatic rings. The van der Waals surface area contributed by atoms with Crippen LogP contribution in [0.1, 0.15) is 17.3 Å². The van der Waals surface area contributed by atoms with E-state index in [1.165, 1.54) is 6.07 Å². The Balaban J connectivity index is 2.73. The normalized spacial score (nSPS) is 10.5. The predicted molar refractivity (Wildman–Crippen MR) is 63.3 cm³/mol. The molecule has 0 saturated heterocycles. The Morgan fingerprint density at radius 2 is 2.29 bits per heavy atom. The summed E-state index contributed by atoms with van der Waals surface area (Å²) in [7, 11) is 0. The molecule has 0 amide bonds. The average molecular weight is 253 g/mol. The van der Waals surface area contributed by atoms with Crippen molar-refractivity contribution >= 4 is 28.5 Å². The number of nitrogens with zero attached hydrogens (tertiary/aromatic N) is 1. The maximum absolute atomic E-state index is 11.7. The molecule has 0 bridgehead atoms. The molecule has 0 aliphatic carbocycles. The largest absolute Gasteiger partial charge is 0.462 e. The Morgan fingerprint density at radius 1 is 1.53 bits per heavy atom. The van der Waals surface area contributed by atoms with Crippen molar-refractivity contribution in [2.45, 2.75) is 6.92 Å². The maximum Gasteiger partial charge on any atom is 0.339 e. The van der Waals surface area contributed by atoms with Crippen LogP contribution in [0.25, 0.3) is 10.9 Å². The highest BCUT2D eigenvalue weighted by Crippen LogP contribution is 2.15. The molecule has 0 aliphatic rings. The van der Waals surface area contributed by atoms with Gasteiger partial charge in [-0.3, -0.25) is 9.78 Å². The molecule has 6 heteroatoms. The number of fused-ring (bicyclic) bond motifs is 1. The highest BCUT2D eigenvalue weighted by Gasteiger charge is 2.14. The van der Waals surface area contributed by atoms with Gasteiger partial charge >= 0.3 is 5.97 Å². The third kappa shape index (κ3) is 2.14. The van der Waals surface area contributed by atoms with E-state index >= 15 is 0 Å². The minimum atomic E-state index is -0.548. The second-order valence-corrected chi connectivity index (χ2v) is 3.63. The van der Waals surface area contributed by atoms with E-state index in [1.54, 1.807) is 19.1 Å². The third-order valence-electron chi connectivity index (χ3n) is 2.20. The minimum Gasteiger partial charge on any atom is -0.462 e. The van der Waals surface area contributed by atoms with Crippen LogP contribution in [0, 0.1) is 0 Å². The molecule has 17 heavy (non-hydrogen) atoms. The number of aromatic amines is 1. The van der Waals surface area contributed by atoms with Crippen LogP contribution in [0.2, 0.25) is 5.28 Å². The van der Waals surface area contributed by atoms with Gasteiger partial charge in [0.1, 0.15) is 0 Å². The van der Waals surface area contributed by atoms with Gasteiger partial charge in [0, 0.05) is 0 Å². The van der Waals surface area contributed by atoms with Crippen molar-refractivity contribution in [1.29, 1.82) is 0 Å². The summed E-state index contributed by atoms with van der Waals surface area (Å²) in [6.45, 7) is 1.94. The Kier molecular flexibility index (Phi) is 3.10. The number of hydrogen-bond donors (Lipinski definition) is 1. The first-order valence-electron chi connectivity index (χ1n) is 4.99. The first kappa shape index (κ1) is 11.6. The zero-order valence-electron chi connectivity index (χ0n) is 8.99. The van der Waals surface area contributed by atoms with Crippen molar-refractivity contribution in [1.82, 2.24) is 9.97 Å². The van der Waals surface area contributed by atoms with Gasteiger partial charge in [-0.1, -0.05) is 6.07 Å². The summed E-state index contributed by atoms with van der Waals surface area (Å²) in [5, 5.41) is 0.179. The van der Waals surface area contributed by atoms with Gasteiger partial charge in [0.05, 0.1) is 23.1 Å². The minimum absolute atomic E-state index is 0.0106. The van der Waals surface area contributed by atoms with Gasteiger partial charge < -0.3 is 4.74 Å². The molecule has 0 unspecified atom stereocenters. The van der Waals surface area contributed by atoms with Crippen LogP contribution in [0.15, 0.2) is 23.0 Å². The molecule has 0 fully saturated rings. The SMILES string of the molecule is CCOC(=O)c1cccc2nc(Cl)[nH]c(=O)c12. The lowest BCUT2D eigenvalue weighted by Gasteiger charge is -2.04. The second kappa shape index (κ2) is 4.55. The lowest BCUT2D eigenvalue weighted by Crippen LogP contribution is -2.14. The van der Waals surface area contributed by atoms with E-state index in [0.717, 1.165) is 0 Å². The predicted octanol–water partition coefficient (Wildman–Crippen LogP) is 1.75. The number of H-pyrrole nitrogens is 1. The highest BCUT2D eigenvalue weighted by molar-refractivity contribution is 6.28. The number of carbonyl (C=O) groups is 1. The van der Waals surface area contributed by atoms with E-state index in [4.69, 9.17) is 16.3 Å². The summed E-state index contributed by atoms with van der Waals surface area (Å²) in [6.07, 6.45) is 0. The quantitative estimate of drug-likeness (QED) is 0.653. The summed E-state index contributed by atoms with van der Waals surface area (Å²) in [5.74, 6) is -0.548. The number of esters is 1. The first-order chi connectivity index (χ1) is 8.13. The molecule has 0 radical (unpaired) electrons. The van der Waals surface area contributed by atoms with Gasteiger partial charge in [0.15, 0.2) is 0 Å². The average Bonchev–Trinajstić information content (AvgIpc) is 2.28. The topological polar surface area (TPSA) is 72.0 Å². The van der Waals surface area contributed by atoms with Crippen LogP contribution in [0.5, 0.6) is 0 Å². The van der Waals surface area contributed by atoms with Gasteiger partial charge in [0.25, 0.3) is 5.56 Å². The number of halogens is 1. The fourth-order valence-electron chi connectivity index (χ4n) is 1.54. The maximum atomic E-state index is 11.7. The molecule has 0 atom stereocenters. The molecule has 0 saturated carbocycles. The van der Waals surface area contributed by atoms with Crippen molar-refractivity contribution in [3.05, 3.63) is 39.4 Å². The summed E-state index contributed by atoms with van der Waals surface area (Å²) >= 11 is 5.63. The zero-order valence-corrected chi connectivity index (χ0v) is 9.75. The molecule has 0 spiro atoms. The summed E-state index contributed by atoms with van der Waals surface area (Å²) < 4.78 is 4.87. The zero-order chi connectivity index (χ0) is 12.4. The lowest BCUT2D eigenvalue weighted by atomic mass is 10.1. The summed E-state index contributed by atoms with van der Waals surface area (Å²) in [6, 6.07) is 4.75. The van der Waals surface area contributed by atoms with Gasteiger partial charge in [0.2, 0.25) is 5.28 Å². The van der Waals surface area contributed by atoms with E-state index < -0.39 is 11.5 Å². The number of carbonyl (C=O) groups excluding carboxylic acids is 1. The van der Waals surface area contributed by atoms with E-state index in [-0.39, 0.29) is 22.8 Å². The molecule has 88 valence electrons. The van der Waals surface area contributed by atoms with Crippen LogP contribution in [0.4, 0.5) is 0 Å². The van der Waals surface area contributed by atoms with Gasteiger partial charge in [-0.15, -0.1) is 0 Å². The van der Waals surface area contributed by atoms with E-state index in [0.29, 0.717) is 5.52 Å². The summed E-state index contributed by atoms with van der Waals surface area (Å²) in [4.78, 5) is 29.7. The Bertz CT molecular complexity index is 636. The summed E-state index contributed by atoms with van der Waals surface area (Å²) in [5.41, 5.74) is 0.0997. The highest BCUT2D eigenvalue weighted by atomic mass is 35.5. The third-order valence-corrected chi connectivity index (χ3v) is 2.38. The van der Waals surface area contributed by atoms with Crippen LogP contribution in [-0.4, -0.2) is 22.5 Å². The number of ether oxygens (including phenoxy) is 1.